The molecule has 0 saturated carbocycles. The van der Waals surface area contributed by atoms with Gasteiger partial charge in [0.25, 0.3) is 0 Å². The molecule has 0 bridgehead atoms. The minimum absolute atomic E-state index is 0.789. The first-order valence-electron chi connectivity index (χ1n) is 9.42. The normalized spacial score (nSPS) is 31.8. The zero-order valence-electron chi connectivity index (χ0n) is 14.6. The van der Waals surface area contributed by atoms with Crippen LogP contribution in [0.5, 0.6) is 0 Å². The van der Waals surface area contributed by atoms with Gasteiger partial charge >= 0.3 is 5.97 Å². The van der Waals surface area contributed by atoms with Crippen molar-refractivity contribution in [3.05, 3.63) is 11.5 Å². The second-order valence-electron chi connectivity index (χ2n) is 7.58. The van der Waals surface area contributed by atoms with Crippen LogP contribution in [0.25, 0.3) is 0 Å². The van der Waals surface area contributed by atoms with E-state index in [-0.39, 0.29) is 0 Å². The number of likely N-dealkylation sites (tertiary alicyclic amines) is 2. The van der Waals surface area contributed by atoms with Crippen molar-refractivity contribution >= 4 is 5.97 Å². The summed E-state index contributed by atoms with van der Waals surface area (Å²) in [7, 11) is 0. The fraction of sp³-hybridized carbons (Fsp3) is 0.824. The van der Waals surface area contributed by atoms with Crippen molar-refractivity contribution in [3.8, 4) is 0 Å². The van der Waals surface area contributed by atoms with Crippen molar-refractivity contribution in [1.29, 1.82) is 0 Å². The molecule has 0 aromatic rings. The van der Waals surface area contributed by atoms with Gasteiger partial charge in [-0.25, -0.2) is 14.9 Å². The third-order valence-electron chi connectivity index (χ3n) is 5.84. The van der Waals surface area contributed by atoms with Crippen molar-refractivity contribution in [1.82, 2.24) is 25.4 Å². The largest absolute Gasteiger partial charge is 0.480 e. The Morgan fingerprint density at radius 1 is 0.917 bits per heavy atom. The SMILES string of the molecule is CC1(C(=O)O)NN(N2CCCC2)C(N2CCCC2)=C1N1CCCC1. The van der Waals surface area contributed by atoms with Crippen LogP contribution in [0.3, 0.4) is 0 Å². The van der Waals surface area contributed by atoms with Gasteiger partial charge in [0, 0.05) is 39.3 Å². The lowest BCUT2D eigenvalue weighted by molar-refractivity contribution is -0.147. The second kappa shape index (κ2) is 6.11. The van der Waals surface area contributed by atoms with Crippen LogP contribution < -0.4 is 5.43 Å². The van der Waals surface area contributed by atoms with Gasteiger partial charge in [0.05, 0.1) is 5.70 Å². The van der Waals surface area contributed by atoms with Crippen molar-refractivity contribution < 1.29 is 9.90 Å². The van der Waals surface area contributed by atoms with E-state index in [9.17, 15) is 9.90 Å². The number of rotatable bonds is 4. The minimum atomic E-state index is -1.05. The molecule has 0 amide bonds. The molecule has 3 fully saturated rings. The molecule has 2 N–H and O–H groups in total. The Kier molecular flexibility index (Phi) is 4.08. The standard InChI is InChI=1S/C17H29N5O2/c1-17(16(23)24)14(19-8-2-3-9-19)15(20-10-4-5-11-20)22(18-17)21-12-6-7-13-21/h18H,2-13H2,1H3,(H,23,24). The molecule has 1 unspecified atom stereocenters. The first kappa shape index (κ1) is 16.0. The zero-order valence-corrected chi connectivity index (χ0v) is 14.6. The summed E-state index contributed by atoms with van der Waals surface area (Å²) in [4.78, 5) is 16.9. The maximum atomic E-state index is 12.2. The molecule has 1 atom stereocenters. The van der Waals surface area contributed by atoms with Crippen LogP contribution in [0.4, 0.5) is 0 Å². The van der Waals surface area contributed by atoms with E-state index in [0.29, 0.717) is 0 Å². The molecule has 4 rings (SSSR count). The number of hydrazine groups is 2. The van der Waals surface area contributed by atoms with E-state index in [2.05, 4.69) is 25.4 Å². The van der Waals surface area contributed by atoms with Crippen LogP contribution in [0.1, 0.15) is 45.4 Å². The first-order valence-corrected chi connectivity index (χ1v) is 9.42. The van der Waals surface area contributed by atoms with E-state index in [1.807, 2.05) is 6.92 Å². The summed E-state index contributed by atoms with van der Waals surface area (Å²) in [5.74, 6) is 0.309. The highest BCUT2D eigenvalue weighted by Gasteiger charge is 2.53. The Bertz CT molecular complexity index is 533. The van der Waals surface area contributed by atoms with Crippen molar-refractivity contribution in [3.63, 3.8) is 0 Å². The summed E-state index contributed by atoms with van der Waals surface area (Å²) in [6.45, 7) is 7.79. The quantitative estimate of drug-likeness (QED) is 0.795. The third-order valence-corrected chi connectivity index (χ3v) is 5.84. The van der Waals surface area contributed by atoms with Gasteiger partial charge in [-0.2, -0.15) is 5.43 Å². The van der Waals surface area contributed by atoms with E-state index in [4.69, 9.17) is 0 Å². The van der Waals surface area contributed by atoms with E-state index in [1.165, 1.54) is 25.7 Å². The maximum Gasteiger partial charge on any atom is 0.331 e. The molecule has 0 aromatic carbocycles. The number of carboxylic acid groups (broad SMARTS) is 1. The second-order valence-corrected chi connectivity index (χ2v) is 7.58. The molecule has 7 nitrogen and oxygen atoms in total. The number of nitrogens with one attached hydrogen (secondary N) is 1. The highest BCUT2D eigenvalue weighted by atomic mass is 16.4. The molecule has 24 heavy (non-hydrogen) atoms. The summed E-state index contributed by atoms with van der Waals surface area (Å²) in [5, 5.41) is 14.4. The zero-order chi connectivity index (χ0) is 16.7. The lowest BCUT2D eigenvalue weighted by Crippen LogP contribution is -2.58. The molecular weight excluding hydrogens is 306 g/mol. The molecule has 0 aliphatic carbocycles. The Morgan fingerprint density at radius 3 is 1.96 bits per heavy atom. The van der Waals surface area contributed by atoms with Gasteiger partial charge in [0.15, 0.2) is 11.4 Å². The molecule has 0 aromatic heterocycles. The maximum absolute atomic E-state index is 12.2. The van der Waals surface area contributed by atoms with Crippen LogP contribution in [0, 0.1) is 0 Å². The first-order chi connectivity index (χ1) is 11.6. The number of hydrogen-bond donors (Lipinski definition) is 2. The summed E-state index contributed by atoms with van der Waals surface area (Å²) in [5.41, 5.74) is 3.29. The molecule has 0 spiro atoms. The smallest absolute Gasteiger partial charge is 0.331 e. The molecule has 7 heteroatoms. The van der Waals surface area contributed by atoms with Gasteiger partial charge in [0.2, 0.25) is 0 Å². The van der Waals surface area contributed by atoms with Crippen LogP contribution in [-0.2, 0) is 4.79 Å². The third kappa shape index (κ3) is 2.45. The Labute approximate surface area is 143 Å². The van der Waals surface area contributed by atoms with Crippen molar-refractivity contribution in [2.24, 2.45) is 0 Å². The Balaban J connectivity index is 1.79. The lowest BCUT2D eigenvalue weighted by Gasteiger charge is -2.36. The van der Waals surface area contributed by atoms with E-state index >= 15 is 0 Å². The van der Waals surface area contributed by atoms with Gasteiger partial charge in [-0.1, -0.05) is 0 Å². The average molecular weight is 335 g/mol. The van der Waals surface area contributed by atoms with E-state index < -0.39 is 11.5 Å². The highest BCUT2D eigenvalue weighted by molar-refractivity contribution is 5.83. The average Bonchev–Trinajstić information content (AvgIpc) is 3.33. The van der Waals surface area contributed by atoms with E-state index in [0.717, 1.165) is 63.6 Å². The molecule has 4 aliphatic heterocycles. The predicted molar refractivity (Wildman–Crippen MR) is 90.5 cm³/mol. The van der Waals surface area contributed by atoms with Crippen molar-refractivity contribution in [2.75, 3.05) is 39.3 Å². The van der Waals surface area contributed by atoms with Gasteiger partial charge in [-0.15, -0.1) is 0 Å². The molecule has 3 saturated heterocycles. The lowest BCUT2D eigenvalue weighted by atomic mass is 9.98. The predicted octanol–water partition coefficient (Wildman–Crippen LogP) is 1.02. The molecule has 4 aliphatic rings. The van der Waals surface area contributed by atoms with E-state index in [1.54, 1.807) is 0 Å². The fourth-order valence-electron chi connectivity index (χ4n) is 4.51. The van der Waals surface area contributed by atoms with Gasteiger partial charge in [0.1, 0.15) is 0 Å². The number of nitrogens with zero attached hydrogens (tertiary/aromatic N) is 4. The topological polar surface area (TPSA) is 62.3 Å². The van der Waals surface area contributed by atoms with Crippen LogP contribution in [0.15, 0.2) is 11.5 Å². The van der Waals surface area contributed by atoms with Crippen LogP contribution >= 0.6 is 0 Å². The van der Waals surface area contributed by atoms with Crippen molar-refractivity contribution in [2.45, 2.75) is 51.0 Å². The van der Waals surface area contributed by atoms with Crippen LogP contribution in [0.2, 0.25) is 0 Å². The number of carbonyl (C=O) groups is 1. The van der Waals surface area contributed by atoms with Gasteiger partial charge in [-0.05, 0) is 45.4 Å². The molecule has 0 radical (unpaired) electrons. The molecular formula is C17H29N5O2. The number of aliphatic carboxylic acids is 1. The van der Waals surface area contributed by atoms with Gasteiger partial charge in [-0.3, -0.25) is 0 Å². The highest BCUT2D eigenvalue weighted by Crippen LogP contribution is 2.38. The Morgan fingerprint density at radius 2 is 1.42 bits per heavy atom. The molecule has 4 heterocycles. The minimum Gasteiger partial charge on any atom is -0.480 e. The summed E-state index contributed by atoms with van der Waals surface area (Å²) in [6, 6.07) is 0. The summed E-state index contributed by atoms with van der Waals surface area (Å²) >= 11 is 0. The van der Waals surface area contributed by atoms with Gasteiger partial charge < -0.3 is 14.9 Å². The fourth-order valence-corrected chi connectivity index (χ4v) is 4.51. The van der Waals surface area contributed by atoms with Crippen LogP contribution in [-0.4, -0.2) is 75.8 Å². The monoisotopic (exact) mass is 335 g/mol. The summed E-state index contributed by atoms with van der Waals surface area (Å²) in [6.07, 6.45) is 7.03. The summed E-state index contributed by atoms with van der Waals surface area (Å²) < 4.78 is 0. The number of hydrogen-bond acceptors (Lipinski definition) is 6. The Hall–Kier alpha value is -1.47. The number of carboxylic acids is 1. The molecule has 134 valence electrons.